The molecule has 4 nitrogen and oxygen atoms in total. The molecule has 3 aromatic rings. The van der Waals surface area contributed by atoms with Gasteiger partial charge in [0.1, 0.15) is 0 Å². The van der Waals surface area contributed by atoms with Crippen molar-refractivity contribution in [3.63, 3.8) is 0 Å². The number of rotatable bonds is 1. The van der Waals surface area contributed by atoms with E-state index in [4.69, 9.17) is 5.73 Å². The second kappa shape index (κ2) is 3.77. The van der Waals surface area contributed by atoms with Crippen LogP contribution in [-0.2, 0) is 0 Å². The number of aryl methyl sites for hydroxylation is 1. The first kappa shape index (κ1) is 10.7. The average molecular weight is 239 g/mol. The molecular weight excluding hydrogens is 226 g/mol. The van der Waals surface area contributed by atoms with Crippen molar-refractivity contribution in [2.45, 2.75) is 6.92 Å². The molecule has 18 heavy (non-hydrogen) atoms. The molecule has 0 bridgehead atoms. The van der Waals surface area contributed by atoms with Gasteiger partial charge in [0.2, 0.25) is 0 Å². The number of imidazole rings is 1. The van der Waals surface area contributed by atoms with Crippen molar-refractivity contribution in [2.75, 3.05) is 5.73 Å². The summed E-state index contributed by atoms with van der Waals surface area (Å²) in [5.74, 6) is 0. The van der Waals surface area contributed by atoms with Gasteiger partial charge < -0.3 is 10.7 Å². The van der Waals surface area contributed by atoms with Crippen molar-refractivity contribution in [3.8, 4) is 5.69 Å². The molecule has 0 spiro atoms. The lowest BCUT2D eigenvalue weighted by atomic mass is 10.2. The van der Waals surface area contributed by atoms with Crippen molar-refractivity contribution in [2.24, 2.45) is 0 Å². The summed E-state index contributed by atoms with van der Waals surface area (Å²) in [6, 6.07) is 13.2. The Bertz CT molecular complexity index is 783. The minimum atomic E-state index is -0.148. The molecule has 1 aromatic heterocycles. The Morgan fingerprint density at radius 3 is 2.72 bits per heavy atom. The molecule has 90 valence electrons. The van der Waals surface area contributed by atoms with Gasteiger partial charge in [-0.1, -0.05) is 18.2 Å². The molecule has 0 aliphatic heterocycles. The predicted molar refractivity (Wildman–Crippen MR) is 73.0 cm³/mol. The summed E-state index contributed by atoms with van der Waals surface area (Å²) in [4.78, 5) is 14.9. The second-order valence-corrected chi connectivity index (χ2v) is 4.33. The normalized spacial score (nSPS) is 10.9. The molecule has 3 N–H and O–H groups in total. The van der Waals surface area contributed by atoms with E-state index >= 15 is 0 Å². The van der Waals surface area contributed by atoms with Crippen LogP contribution in [-0.4, -0.2) is 9.55 Å². The van der Waals surface area contributed by atoms with Crippen molar-refractivity contribution in [3.05, 3.63) is 58.5 Å². The summed E-state index contributed by atoms with van der Waals surface area (Å²) in [5.41, 5.74) is 9.74. The molecule has 0 atom stereocenters. The maximum absolute atomic E-state index is 12.1. The lowest BCUT2D eigenvalue weighted by molar-refractivity contribution is 1.00. The molecule has 4 heteroatoms. The smallest absolute Gasteiger partial charge is 0.331 e. The number of nitrogens with one attached hydrogen (secondary N) is 1. The Balaban J connectivity index is 2.40. The summed E-state index contributed by atoms with van der Waals surface area (Å²) in [6.45, 7) is 1.98. The van der Waals surface area contributed by atoms with Crippen LogP contribution in [0.15, 0.2) is 47.3 Å². The van der Waals surface area contributed by atoms with Gasteiger partial charge in [-0.15, -0.1) is 0 Å². The summed E-state index contributed by atoms with van der Waals surface area (Å²) in [6.07, 6.45) is 0. The van der Waals surface area contributed by atoms with Crippen LogP contribution in [0.5, 0.6) is 0 Å². The average Bonchev–Trinajstić information content (AvgIpc) is 2.65. The van der Waals surface area contributed by atoms with Crippen molar-refractivity contribution in [1.82, 2.24) is 9.55 Å². The number of fused-ring (bicyclic) bond motifs is 1. The van der Waals surface area contributed by atoms with E-state index in [1.807, 2.05) is 37.3 Å². The number of nitrogens with zero attached hydrogens (tertiary/aromatic N) is 1. The first-order chi connectivity index (χ1) is 8.66. The maximum Gasteiger partial charge on any atom is 0.331 e. The third-order valence-corrected chi connectivity index (χ3v) is 3.06. The fourth-order valence-electron chi connectivity index (χ4n) is 2.18. The van der Waals surface area contributed by atoms with Crippen molar-refractivity contribution in [1.29, 1.82) is 0 Å². The summed E-state index contributed by atoms with van der Waals surface area (Å²) < 4.78 is 1.67. The summed E-state index contributed by atoms with van der Waals surface area (Å²) in [7, 11) is 0. The lowest BCUT2D eigenvalue weighted by Crippen LogP contribution is -2.15. The molecule has 0 amide bonds. The molecule has 2 aromatic carbocycles. The van der Waals surface area contributed by atoms with E-state index in [0.717, 1.165) is 22.3 Å². The molecule has 0 radical (unpaired) electrons. The van der Waals surface area contributed by atoms with Crippen LogP contribution in [0, 0.1) is 6.92 Å². The van der Waals surface area contributed by atoms with E-state index in [-0.39, 0.29) is 5.69 Å². The van der Waals surface area contributed by atoms with Gasteiger partial charge >= 0.3 is 5.69 Å². The lowest BCUT2D eigenvalue weighted by Gasteiger charge is -2.06. The zero-order valence-electron chi connectivity index (χ0n) is 9.97. The monoisotopic (exact) mass is 239 g/mol. The van der Waals surface area contributed by atoms with Crippen LogP contribution in [0.4, 0.5) is 5.69 Å². The van der Waals surface area contributed by atoms with Crippen LogP contribution >= 0.6 is 0 Å². The SMILES string of the molecule is Cc1ccccc1-n1c(=O)[nH]c2cc(N)ccc21. The molecule has 0 aliphatic rings. The molecule has 0 saturated carbocycles. The van der Waals surface area contributed by atoms with Crippen LogP contribution in [0.3, 0.4) is 0 Å². The third kappa shape index (κ3) is 1.50. The summed E-state index contributed by atoms with van der Waals surface area (Å²) in [5, 5.41) is 0. The Morgan fingerprint density at radius 1 is 1.17 bits per heavy atom. The largest absolute Gasteiger partial charge is 0.399 e. The van der Waals surface area contributed by atoms with E-state index in [9.17, 15) is 4.79 Å². The van der Waals surface area contributed by atoms with E-state index < -0.39 is 0 Å². The Kier molecular flexibility index (Phi) is 2.23. The number of H-pyrrole nitrogens is 1. The second-order valence-electron chi connectivity index (χ2n) is 4.33. The third-order valence-electron chi connectivity index (χ3n) is 3.06. The van der Waals surface area contributed by atoms with E-state index in [1.165, 1.54) is 0 Å². The van der Waals surface area contributed by atoms with Gasteiger partial charge in [0.15, 0.2) is 0 Å². The van der Waals surface area contributed by atoms with E-state index in [2.05, 4.69) is 4.98 Å². The maximum atomic E-state index is 12.1. The van der Waals surface area contributed by atoms with Gasteiger partial charge in [0.05, 0.1) is 16.7 Å². The van der Waals surface area contributed by atoms with Crippen LogP contribution in [0.25, 0.3) is 16.7 Å². The first-order valence-electron chi connectivity index (χ1n) is 5.73. The number of aromatic nitrogens is 2. The number of nitrogens with two attached hydrogens (primary N) is 1. The number of nitrogen functional groups attached to an aromatic ring is 1. The zero-order valence-corrected chi connectivity index (χ0v) is 9.97. The highest BCUT2D eigenvalue weighted by Crippen LogP contribution is 2.19. The fraction of sp³-hybridized carbons (Fsp3) is 0.0714. The summed E-state index contributed by atoms with van der Waals surface area (Å²) >= 11 is 0. The molecule has 1 heterocycles. The number of benzene rings is 2. The molecular formula is C14H13N3O. The van der Waals surface area contributed by atoms with Crippen LogP contribution in [0.2, 0.25) is 0 Å². The fourth-order valence-corrected chi connectivity index (χ4v) is 2.18. The standard InChI is InChI=1S/C14H13N3O/c1-9-4-2-3-5-12(9)17-13-7-6-10(15)8-11(13)16-14(17)18/h2-8H,15H2,1H3,(H,16,18). The number of hydrogen-bond donors (Lipinski definition) is 2. The van der Waals surface area contributed by atoms with Crippen molar-refractivity contribution < 1.29 is 0 Å². The van der Waals surface area contributed by atoms with Gasteiger partial charge in [0.25, 0.3) is 0 Å². The highest BCUT2D eigenvalue weighted by molar-refractivity contribution is 5.80. The van der Waals surface area contributed by atoms with E-state index in [1.54, 1.807) is 16.7 Å². The number of aromatic amines is 1. The topological polar surface area (TPSA) is 63.8 Å². The molecule has 0 aliphatic carbocycles. The quantitative estimate of drug-likeness (QED) is 0.639. The number of para-hydroxylation sites is 1. The molecule has 3 rings (SSSR count). The minimum Gasteiger partial charge on any atom is -0.399 e. The van der Waals surface area contributed by atoms with Gasteiger partial charge in [0, 0.05) is 5.69 Å². The molecule has 0 unspecified atom stereocenters. The minimum absolute atomic E-state index is 0.148. The van der Waals surface area contributed by atoms with E-state index in [0.29, 0.717) is 5.69 Å². The highest BCUT2D eigenvalue weighted by atomic mass is 16.1. The van der Waals surface area contributed by atoms with Crippen LogP contribution < -0.4 is 11.4 Å². The Hall–Kier alpha value is -2.49. The van der Waals surface area contributed by atoms with Crippen molar-refractivity contribution >= 4 is 16.7 Å². The Labute approximate surface area is 104 Å². The van der Waals surface area contributed by atoms with Gasteiger partial charge in [-0.2, -0.15) is 0 Å². The number of anilines is 1. The number of hydrogen-bond acceptors (Lipinski definition) is 2. The highest BCUT2D eigenvalue weighted by Gasteiger charge is 2.10. The molecule has 0 saturated heterocycles. The zero-order chi connectivity index (χ0) is 12.7. The van der Waals surface area contributed by atoms with Gasteiger partial charge in [-0.25, -0.2) is 4.79 Å². The predicted octanol–water partition coefficient (Wildman–Crippen LogP) is 2.21. The first-order valence-corrected chi connectivity index (χ1v) is 5.73. The Morgan fingerprint density at radius 2 is 1.94 bits per heavy atom. The van der Waals surface area contributed by atoms with Gasteiger partial charge in [-0.05, 0) is 36.8 Å². The van der Waals surface area contributed by atoms with Gasteiger partial charge in [-0.3, -0.25) is 4.57 Å². The molecule has 0 fully saturated rings. The van der Waals surface area contributed by atoms with Crippen LogP contribution in [0.1, 0.15) is 5.56 Å².